The molecule has 1 heterocycles. The van der Waals surface area contributed by atoms with Gasteiger partial charge in [-0.25, -0.2) is 9.59 Å². The van der Waals surface area contributed by atoms with Crippen molar-refractivity contribution in [1.82, 2.24) is 9.88 Å². The first kappa shape index (κ1) is 18.4. The molecule has 0 saturated carbocycles. The van der Waals surface area contributed by atoms with Crippen molar-refractivity contribution in [3.05, 3.63) is 70.2 Å². The molecule has 140 valence electrons. The van der Waals surface area contributed by atoms with E-state index in [9.17, 15) is 14.4 Å². The van der Waals surface area contributed by atoms with Gasteiger partial charge in [-0.3, -0.25) is 9.36 Å². The van der Waals surface area contributed by atoms with Crippen LogP contribution in [0.25, 0.3) is 11.1 Å². The van der Waals surface area contributed by atoms with Gasteiger partial charge in [0.25, 0.3) is 0 Å². The number of nitrogens with zero attached hydrogens (tertiary/aromatic N) is 1. The normalized spacial score (nSPS) is 10.7. The molecule has 7 nitrogen and oxygen atoms in total. The SMILES string of the molecule is COC(=O)c1ccc(CNC(=O)CCCn2c(=O)oc3ccccc32)cc1. The Balaban J connectivity index is 1.48. The molecule has 0 fully saturated rings. The van der Waals surface area contributed by atoms with E-state index in [1.54, 1.807) is 36.4 Å². The third-order valence-electron chi connectivity index (χ3n) is 4.22. The van der Waals surface area contributed by atoms with E-state index in [1.165, 1.54) is 11.7 Å². The van der Waals surface area contributed by atoms with E-state index in [2.05, 4.69) is 10.1 Å². The average Bonchev–Trinajstić information content (AvgIpc) is 3.01. The summed E-state index contributed by atoms with van der Waals surface area (Å²) in [4.78, 5) is 35.3. The van der Waals surface area contributed by atoms with Gasteiger partial charge in [0.15, 0.2) is 5.58 Å². The Morgan fingerprint density at radius 1 is 1.11 bits per heavy atom. The number of oxazole rings is 1. The second-order valence-electron chi connectivity index (χ2n) is 6.06. The molecule has 3 rings (SSSR count). The van der Waals surface area contributed by atoms with Crippen LogP contribution in [0.5, 0.6) is 0 Å². The van der Waals surface area contributed by atoms with Crippen molar-refractivity contribution in [3.63, 3.8) is 0 Å². The zero-order chi connectivity index (χ0) is 19.2. The summed E-state index contributed by atoms with van der Waals surface area (Å²) >= 11 is 0. The Morgan fingerprint density at radius 3 is 2.59 bits per heavy atom. The second-order valence-corrected chi connectivity index (χ2v) is 6.06. The predicted octanol–water partition coefficient (Wildman–Crippen LogP) is 2.48. The molecule has 1 amide bonds. The van der Waals surface area contributed by atoms with Gasteiger partial charge in [-0.1, -0.05) is 24.3 Å². The number of nitrogens with one attached hydrogen (secondary N) is 1. The van der Waals surface area contributed by atoms with Gasteiger partial charge in [0.05, 0.1) is 18.2 Å². The van der Waals surface area contributed by atoms with E-state index in [-0.39, 0.29) is 5.91 Å². The maximum absolute atomic E-state index is 12.0. The first-order chi connectivity index (χ1) is 13.1. The van der Waals surface area contributed by atoms with Crippen LogP contribution >= 0.6 is 0 Å². The first-order valence-electron chi connectivity index (χ1n) is 8.61. The van der Waals surface area contributed by atoms with Crippen LogP contribution < -0.4 is 11.1 Å². The molecule has 0 aliphatic rings. The van der Waals surface area contributed by atoms with Crippen LogP contribution in [0.4, 0.5) is 0 Å². The van der Waals surface area contributed by atoms with Crippen molar-refractivity contribution < 1.29 is 18.7 Å². The number of fused-ring (bicyclic) bond motifs is 1. The Morgan fingerprint density at radius 2 is 1.85 bits per heavy atom. The minimum atomic E-state index is -0.415. The van der Waals surface area contributed by atoms with Gasteiger partial charge in [-0.2, -0.15) is 0 Å². The Hall–Kier alpha value is -3.35. The number of rotatable bonds is 7. The molecular weight excluding hydrogens is 348 g/mol. The molecule has 27 heavy (non-hydrogen) atoms. The third-order valence-corrected chi connectivity index (χ3v) is 4.22. The standard InChI is InChI=1S/C20H20N2O5/c1-26-19(24)15-10-8-14(9-11-15)13-21-18(23)7-4-12-22-16-5-2-3-6-17(16)27-20(22)25/h2-3,5-6,8-11H,4,7,12-13H2,1H3,(H,21,23). The van der Waals surface area contributed by atoms with E-state index in [1.807, 2.05) is 12.1 Å². The summed E-state index contributed by atoms with van der Waals surface area (Å²) in [5, 5.41) is 2.83. The number of aromatic nitrogens is 1. The molecule has 0 atom stereocenters. The second kappa shape index (κ2) is 8.35. The summed E-state index contributed by atoms with van der Waals surface area (Å²) in [6.45, 7) is 0.784. The number of methoxy groups -OCH3 is 1. The number of para-hydroxylation sites is 2. The number of hydrogen-bond donors (Lipinski definition) is 1. The van der Waals surface area contributed by atoms with Crippen molar-refractivity contribution in [2.24, 2.45) is 0 Å². The summed E-state index contributed by atoms with van der Waals surface area (Å²) in [6.07, 6.45) is 0.822. The minimum Gasteiger partial charge on any atom is -0.465 e. The average molecular weight is 368 g/mol. The Labute approximate surface area is 155 Å². The van der Waals surface area contributed by atoms with Crippen LogP contribution in [0.2, 0.25) is 0 Å². The lowest BCUT2D eigenvalue weighted by atomic mass is 10.1. The highest BCUT2D eigenvalue weighted by Gasteiger charge is 2.09. The number of hydrogen-bond acceptors (Lipinski definition) is 5. The Bertz CT molecular complexity index is 1000. The molecule has 0 aliphatic carbocycles. The van der Waals surface area contributed by atoms with E-state index in [0.29, 0.717) is 37.1 Å². The highest BCUT2D eigenvalue weighted by atomic mass is 16.5. The zero-order valence-electron chi connectivity index (χ0n) is 14.9. The van der Waals surface area contributed by atoms with Gasteiger partial charge in [0, 0.05) is 19.5 Å². The third kappa shape index (κ3) is 4.44. The summed E-state index contributed by atoms with van der Waals surface area (Å²) in [5.41, 5.74) is 2.62. The first-order valence-corrected chi connectivity index (χ1v) is 8.61. The molecule has 0 bridgehead atoms. The number of amides is 1. The van der Waals surface area contributed by atoms with Crippen molar-refractivity contribution in [2.45, 2.75) is 25.9 Å². The highest BCUT2D eigenvalue weighted by Crippen LogP contribution is 2.12. The predicted molar refractivity (Wildman–Crippen MR) is 99.3 cm³/mol. The molecule has 2 aromatic carbocycles. The smallest absolute Gasteiger partial charge is 0.419 e. The van der Waals surface area contributed by atoms with E-state index >= 15 is 0 Å². The number of esters is 1. The van der Waals surface area contributed by atoms with Crippen molar-refractivity contribution in [1.29, 1.82) is 0 Å². The quantitative estimate of drug-likeness (QED) is 0.647. The molecule has 0 saturated heterocycles. The van der Waals surface area contributed by atoms with Crippen LogP contribution in [-0.4, -0.2) is 23.6 Å². The van der Waals surface area contributed by atoms with Crippen LogP contribution in [0.3, 0.4) is 0 Å². The maximum Gasteiger partial charge on any atom is 0.419 e. The molecule has 3 aromatic rings. The maximum atomic E-state index is 12.0. The molecule has 0 unspecified atom stereocenters. The molecule has 0 aliphatic heterocycles. The fourth-order valence-electron chi connectivity index (χ4n) is 2.79. The van der Waals surface area contributed by atoms with E-state index in [0.717, 1.165) is 11.1 Å². The summed E-state index contributed by atoms with van der Waals surface area (Å²) in [6, 6.07) is 14.1. The van der Waals surface area contributed by atoms with Crippen LogP contribution in [-0.2, 0) is 22.6 Å². The lowest BCUT2D eigenvalue weighted by Gasteiger charge is -2.07. The van der Waals surface area contributed by atoms with Gasteiger partial charge in [0.2, 0.25) is 5.91 Å². The topological polar surface area (TPSA) is 90.5 Å². The molecule has 1 N–H and O–H groups in total. The van der Waals surface area contributed by atoms with E-state index in [4.69, 9.17) is 4.42 Å². The van der Waals surface area contributed by atoms with Gasteiger partial charge in [-0.05, 0) is 36.2 Å². The Kier molecular flexibility index (Phi) is 5.71. The van der Waals surface area contributed by atoms with Gasteiger partial charge < -0.3 is 14.5 Å². The van der Waals surface area contributed by atoms with Crippen LogP contribution in [0.15, 0.2) is 57.7 Å². The number of carbonyl (C=O) groups is 2. The van der Waals surface area contributed by atoms with Crippen molar-refractivity contribution in [2.75, 3.05) is 7.11 Å². The summed E-state index contributed by atoms with van der Waals surface area (Å²) in [7, 11) is 1.33. The fraction of sp³-hybridized carbons (Fsp3) is 0.250. The van der Waals surface area contributed by atoms with Crippen molar-refractivity contribution >= 4 is 23.0 Å². The molecule has 7 heteroatoms. The monoisotopic (exact) mass is 368 g/mol. The van der Waals surface area contributed by atoms with Crippen molar-refractivity contribution in [3.8, 4) is 0 Å². The lowest BCUT2D eigenvalue weighted by molar-refractivity contribution is -0.121. The lowest BCUT2D eigenvalue weighted by Crippen LogP contribution is -2.23. The largest absolute Gasteiger partial charge is 0.465 e. The van der Waals surface area contributed by atoms with Crippen LogP contribution in [0.1, 0.15) is 28.8 Å². The van der Waals surface area contributed by atoms with Gasteiger partial charge in [0.1, 0.15) is 0 Å². The molecule has 1 aromatic heterocycles. The molecule has 0 spiro atoms. The highest BCUT2D eigenvalue weighted by molar-refractivity contribution is 5.89. The fourth-order valence-corrected chi connectivity index (χ4v) is 2.79. The zero-order valence-corrected chi connectivity index (χ0v) is 14.9. The number of benzene rings is 2. The van der Waals surface area contributed by atoms with Gasteiger partial charge in [-0.15, -0.1) is 0 Å². The minimum absolute atomic E-state index is 0.104. The number of ether oxygens (including phenoxy) is 1. The molecule has 0 radical (unpaired) electrons. The molecular formula is C20H20N2O5. The van der Waals surface area contributed by atoms with E-state index < -0.39 is 11.7 Å². The number of aryl methyl sites for hydroxylation is 1. The van der Waals surface area contributed by atoms with Crippen LogP contribution in [0, 0.1) is 0 Å². The van der Waals surface area contributed by atoms with Gasteiger partial charge >= 0.3 is 11.7 Å². The summed E-state index contributed by atoms with van der Waals surface area (Å²) < 4.78 is 11.4. The summed E-state index contributed by atoms with van der Waals surface area (Å²) in [5.74, 6) is -0.914. The number of carbonyl (C=O) groups excluding carboxylic acids is 2.